The van der Waals surface area contributed by atoms with Crippen LogP contribution in [0.4, 0.5) is 0 Å². The van der Waals surface area contributed by atoms with Crippen molar-refractivity contribution in [2.24, 2.45) is 0 Å². The minimum Gasteiger partial charge on any atom is -0.379 e. The number of hydrogen-bond donors (Lipinski definition) is 0. The molecule has 0 spiro atoms. The monoisotopic (exact) mass is 284 g/mol. The first-order chi connectivity index (χ1) is 8.39. The van der Waals surface area contributed by atoms with Crippen molar-refractivity contribution in [3.8, 4) is 11.8 Å². The average Bonchev–Trinajstić information content (AvgIpc) is 2.25. The Morgan fingerprint density at radius 2 is 1.94 bits per heavy atom. The highest BCUT2D eigenvalue weighted by Crippen LogP contribution is 2.31. The highest BCUT2D eigenvalue weighted by atomic mass is 35.7. The summed E-state index contributed by atoms with van der Waals surface area (Å²) < 4.78 is 26.6. The number of hydrogen-bond acceptors (Lipinski definition) is 3. The molecule has 0 unspecified atom stereocenters. The molecule has 1 saturated heterocycles. The number of ether oxygens (including phenoxy) is 1. The van der Waals surface area contributed by atoms with Gasteiger partial charge in [-0.15, -0.1) is 0 Å². The molecule has 0 aliphatic carbocycles. The van der Waals surface area contributed by atoms with Crippen molar-refractivity contribution in [3.63, 3.8) is 0 Å². The third-order valence-electron chi connectivity index (χ3n) is 2.90. The van der Waals surface area contributed by atoms with Gasteiger partial charge in [0.15, 0.2) is 0 Å². The van der Waals surface area contributed by atoms with Crippen molar-refractivity contribution >= 4 is 19.7 Å². The molecule has 0 aromatic heterocycles. The van der Waals surface area contributed by atoms with Gasteiger partial charge in [-0.2, -0.15) is 0 Å². The smallest absolute Gasteiger partial charge is 0.243 e. The Labute approximate surface area is 112 Å². The van der Waals surface area contributed by atoms with Crippen molar-refractivity contribution in [3.05, 3.63) is 35.4 Å². The lowest BCUT2D eigenvalue weighted by molar-refractivity contribution is -0.0500. The molecule has 3 nitrogen and oxygen atoms in total. The summed E-state index contributed by atoms with van der Waals surface area (Å²) in [6, 6.07) is 7.77. The second kappa shape index (κ2) is 4.93. The lowest BCUT2D eigenvalue weighted by Gasteiger charge is -2.38. The number of rotatable bonds is 2. The van der Waals surface area contributed by atoms with Crippen LogP contribution in [0.5, 0.6) is 0 Å². The van der Waals surface area contributed by atoms with E-state index < -0.39 is 9.05 Å². The first-order valence-electron chi connectivity index (χ1n) is 5.49. The van der Waals surface area contributed by atoms with Crippen molar-refractivity contribution in [1.82, 2.24) is 0 Å². The van der Waals surface area contributed by atoms with Gasteiger partial charge in [-0.1, -0.05) is 30.9 Å². The molecule has 1 aromatic carbocycles. The Hall–Kier alpha value is -1.02. The zero-order valence-electron chi connectivity index (χ0n) is 9.94. The molecule has 96 valence electrons. The van der Waals surface area contributed by atoms with Crippen molar-refractivity contribution in [2.75, 3.05) is 19.0 Å². The Kier molecular flexibility index (Phi) is 3.67. The maximum atomic E-state index is 10.7. The van der Waals surface area contributed by atoms with Crippen LogP contribution in [0.3, 0.4) is 0 Å². The summed E-state index contributed by atoms with van der Waals surface area (Å²) in [7, 11) is 1.53. The Morgan fingerprint density at radius 3 is 2.39 bits per heavy atom. The molecule has 5 heteroatoms. The summed E-state index contributed by atoms with van der Waals surface area (Å²) >= 11 is 0. The largest absolute Gasteiger partial charge is 0.379 e. The van der Waals surface area contributed by atoms with E-state index in [1.807, 2.05) is 24.3 Å². The minimum atomic E-state index is -3.54. The maximum Gasteiger partial charge on any atom is 0.243 e. The van der Waals surface area contributed by atoms with E-state index in [-0.39, 0.29) is 11.2 Å². The van der Waals surface area contributed by atoms with E-state index in [0.29, 0.717) is 0 Å². The topological polar surface area (TPSA) is 43.4 Å². The standard InChI is InChI=1S/C13H13ClO3S/c1-13(9-17-10-13)12-6-4-11(5-7-12)3-2-8-18(14,15)16/h4-7H,8-10H2,1H3. The summed E-state index contributed by atoms with van der Waals surface area (Å²) in [6.45, 7) is 3.63. The zero-order chi connectivity index (χ0) is 13.2. The molecule has 1 aliphatic rings. The van der Waals surface area contributed by atoms with Crippen LogP contribution in [0, 0.1) is 11.8 Å². The van der Waals surface area contributed by atoms with Crippen LogP contribution >= 0.6 is 10.7 Å². The van der Waals surface area contributed by atoms with Gasteiger partial charge in [-0.05, 0) is 17.7 Å². The van der Waals surface area contributed by atoms with Crippen LogP contribution in [0.25, 0.3) is 0 Å². The van der Waals surface area contributed by atoms with Crippen LogP contribution in [0.2, 0.25) is 0 Å². The third-order valence-corrected chi connectivity index (χ3v) is 3.72. The van der Waals surface area contributed by atoms with E-state index in [9.17, 15) is 8.42 Å². The van der Waals surface area contributed by atoms with Gasteiger partial charge in [-0.25, -0.2) is 8.42 Å². The Bertz CT molecular complexity index is 589. The summed E-state index contributed by atoms with van der Waals surface area (Å²) in [5.74, 6) is 4.97. The van der Waals surface area contributed by atoms with Crippen LogP contribution in [0.1, 0.15) is 18.1 Å². The summed E-state index contributed by atoms with van der Waals surface area (Å²) in [6.07, 6.45) is 0. The van der Waals surface area contributed by atoms with E-state index >= 15 is 0 Å². The van der Waals surface area contributed by atoms with Crippen molar-refractivity contribution < 1.29 is 13.2 Å². The second-order valence-electron chi connectivity index (χ2n) is 4.62. The molecule has 2 rings (SSSR count). The van der Waals surface area contributed by atoms with E-state index in [1.54, 1.807) is 0 Å². The first-order valence-corrected chi connectivity index (χ1v) is 7.96. The SMILES string of the molecule is CC1(c2ccc(C#CCS(=O)(=O)Cl)cc2)COC1. The second-order valence-corrected chi connectivity index (χ2v) is 7.39. The lowest BCUT2D eigenvalue weighted by atomic mass is 9.80. The van der Waals surface area contributed by atoms with Gasteiger partial charge in [0, 0.05) is 21.7 Å². The van der Waals surface area contributed by atoms with Crippen molar-refractivity contribution in [2.45, 2.75) is 12.3 Å². The predicted octanol–water partition coefficient (Wildman–Crippen LogP) is 1.89. The fourth-order valence-corrected chi connectivity index (χ4v) is 2.16. The predicted molar refractivity (Wildman–Crippen MR) is 71.1 cm³/mol. The molecule has 0 bridgehead atoms. The molecule has 0 saturated carbocycles. The normalized spacial score (nSPS) is 17.4. The molecular formula is C13H13ClO3S. The summed E-state index contributed by atoms with van der Waals surface area (Å²) in [4.78, 5) is 0. The number of halogens is 1. The van der Waals surface area contributed by atoms with Crippen LogP contribution in [0.15, 0.2) is 24.3 Å². The molecule has 1 heterocycles. The van der Waals surface area contributed by atoms with Gasteiger partial charge < -0.3 is 4.74 Å². The summed E-state index contributed by atoms with van der Waals surface area (Å²) in [5, 5.41) is 0. The maximum absolute atomic E-state index is 10.7. The number of benzene rings is 1. The molecule has 0 amide bonds. The zero-order valence-corrected chi connectivity index (χ0v) is 11.5. The molecule has 0 radical (unpaired) electrons. The van der Waals surface area contributed by atoms with Crippen LogP contribution in [-0.2, 0) is 19.2 Å². The Morgan fingerprint density at radius 1 is 1.33 bits per heavy atom. The van der Waals surface area contributed by atoms with Gasteiger partial charge in [0.05, 0.1) is 13.2 Å². The highest BCUT2D eigenvalue weighted by Gasteiger charge is 2.34. The van der Waals surface area contributed by atoms with Crippen LogP contribution < -0.4 is 0 Å². The van der Waals surface area contributed by atoms with Crippen molar-refractivity contribution in [1.29, 1.82) is 0 Å². The van der Waals surface area contributed by atoms with Gasteiger partial charge in [0.2, 0.25) is 9.05 Å². The van der Waals surface area contributed by atoms with Gasteiger partial charge in [-0.3, -0.25) is 0 Å². The average molecular weight is 285 g/mol. The Balaban J connectivity index is 2.08. The van der Waals surface area contributed by atoms with E-state index in [4.69, 9.17) is 15.4 Å². The molecule has 0 atom stereocenters. The first kappa shape index (κ1) is 13.4. The fourth-order valence-electron chi connectivity index (χ4n) is 1.76. The van der Waals surface area contributed by atoms with E-state index in [2.05, 4.69) is 18.8 Å². The van der Waals surface area contributed by atoms with Gasteiger partial charge in [0.25, 0.3) is 0 Å². The van der Waals surface area contributed by atoms with Crippen LogP contribution in [-0.4, -0.2) is 27.4 Å². The van der Waals surface area contributed by atoms with E-state index in [1.165, 1.54) is 5.56 Å². The third kappa shape index (κ3) is 3.26. The molecule has 0 N–H and O–H groups in total. The van der Waals surface area contributed by atoms with E-state index in [0.717, 1.165) is 18.8 Å². The molecule has 1 fully saturated rings. The minimum absolute atomic E-state index is 0.103. The fraction of sp³-hybridized carbons (Fsp3) is 0.385. The quantitative estimate of drug-likeness (QED) is 0.615. The lowest BCUT2D eigenvalue weighted by Crippen LogP contribution is -2.43. The molecule has 1 aromatic rings. The molecule has 1 aliphatic heterocycles. The summed E-state index contributed by atoms with van der Waals surface area (Å²) in [5.41, 5.74) is 2.10. The molecular weight excluding hydrogens is 272 g/mol. The highest BCUT2D eigenvalue weighted by molar-refractivity contribution is 8.13. The van der Waals surface area contributed by atoms with Gasteiger partial charge in [0.1, 0.15) is 5.75 Å². The molecule has 18 heavy (non-hydrogen) atoms. The van der Waals surface area contributed by atoms with Gasteiger partial charge >= 0.3 is 0 Å².